The molecule has 2 heterocycles. The lowest BCUT2D eigenvalue weighted by Gasteiger charge is -2.16. The fourth-order valence-electron chi connectivity index (χ4n) is 5.24. The Labute approximate surface area is 248 Å². The summed E-state index contributed by atoms with van der Waals surface area (Å²) in [4.78, 5) is 34.7. The summed E-state index contributed by atoms with van der Waals surface area (Å²) < 4.78 is 3.17. The van der Waals surface area contributed by atoms with Gasteiger partial charge in [0.25, 0.3) is 5.56 Å². The van der Waals surface area contributed by atoms with E-state index in [0.717, 1.165) is 30.3 Å². The standard InChI is InChI=1S/C32H50N4O2S2/c1-3-5-6-7-8-9-10-12-15-20-25-39-40-26-21-16-13-11-14-19-24-36-31(37)29-30(34-32(36)38)35(4-2)28-23-18-17-22-27(28)33-29/h17-18,22-23H,3-16,19-21,24-26H2,1-2H3. The van der Waals surface area contributed by atoms with Crippen molar-refractivity contribution in [2.75, 3.05) is 11.5 Å². The molecule has 2 aliphatic rings. The van der Waals surface area contributed by atoms with Crippen molar-refractivity contribution >= 4 is 32.6 Å². The molecule has 0 saturated heterocycles. The molecule has 1 aromatic carbocycles. The minimum absolute atomic E-state index is 0.281. The van der Waals surface area contributed by atoms with Crippen molar-refractivity contribution in [2.24, 2.45) is 0 Å². The van der Waals surface area contributed by atoms with E-state index >= 15 is 0 Å². The summed E-state index contributed by atoms with van der Waals surface area (Å²) in [6.07, 6.45) is 20.8. The number of nitrogens with zero attached hydrogens (tertiary/aromatic N) is 4. The van der Waals surface area contributed by atoms with Crippen LogP contribution in [0.3, 0.4) is 0 Å². The molecule has 0 fully saturated rings. The zero-order valence-corrected chi connectivity index (χ0v) is 26.5. The van der Waals surface area contributed by atoms with Gasteiger partial charge in [0.05, 0.1) is 11.0 Å². The largest absolute Gasteiger partial charge is 0.352 e. The maximum Gasteiger partial charge on any atom is 0.352 e. The van der Waals surface area contributed by atoms with Crippen LogP contribution < -0.4 is 11.2 Å². The summed E-state index contributed by atoms with van der Waals surface area (Å²) >= 11 is 0. The van der Waals surface area contributed by atoms with E-state index in [-0.39, 0.29) is 11.3 Å². The Morgan fingerprint density at radius 1 is 0.650 bits per heavy atom. The zero-order chi connectivity index (χ0) is 28.4. The zero-order valence-electron chi connectivity index (χ0n) is 24.9. The SMILES string of the molecule is CCCCCCCCCCCCSSCCCCCCCCn1c(=O)nc2n(CC)c3ccccc3nc-2c1=O. The van der Waals surface area contributed by atoms with Crippen LogP contribution in [0.1, 0.15) is 117 Å². The topological polar surface area (TPSA) is 69.8 Å². The van der Waals surface area contributed by atoms with Gasteiger partial charge in [-0.3, -0.25) is 9.36 Å². The maximum absolute atomic E-state index is 13.1. The fraction of sp³-hybridized carbons (Fsp3) is 0.688. The van der Waals surface area contributed by atoms with Crippen LogP contribution in [0.25, 0.3) is 22.6 Å². The number of fused-ring (bicyclic) bond motifs is 2. The molecule has 0 aliphatic carbocycles. The molecule has 3 rings (SSSR count). The average molecular weight is 587 g/mol. The molecule has 0 bridgehead atoms. The third-order valence-electron chi connectivity index (χ3n) is 7.59. The third kappa shape index (κ3) is 10.6. The van der Waals surface area contributed by atoms with Crippen LogP contribution in [0.5, 0.6) is 0 Å². The van der Waals surface area contributed by atoms with Gasteiger partial charge in [0.1, 0.15) is 0 Å². The van der Waals surface area contributed by atoms with Gasteiger partial charge in [0.2, 0.25) is 0 Å². The first-order chi connectivity index (χ1) is 19.7. The minimum Gasteiger partial charge on any atom is -0.323 e. The molecule has 40 heavy (non-hydrogen) atoms. The lowest BCUT2D eigenvalue weighted by atomic mass is 10.1. The average Bonchev–Trinajstić information content (AvgIpc) is 2.96. The Bertz CT molecular complexity index is 1210. The Hall–Kier alpha value is -1.80. The highest BCUT2D eigenvalue weighted by atomic mass is 33.1. The molecule has 0 radical (unpaired) electrons. The molecular formula is C32H50N4O2S2. The quantitative estimate of drug-likeness (QED) is 0.0666. The molecule has 0 amide bonds. The van der Waals surface area contributed by atoms with Crippen molar-refractivity contribution in [2.45, 2.75) is 130 Å². The second-order valence-corrected chi connectivity index (χ2v) is 13.5. The molecule has 0 N–H and O–H groups in total. The van der Waals surface area contributed by atoms with Crippen molar-refractivity contribution in [3.63, 3.8) is 0 Å². The minimum atomic E-state index is -0.468. The van der Waals surface area contributed by atoms with Crippen LogP contribution in [0.15, 0.2) is 33.9 Å². The van der Waals surface area contributed by atoms with Crippen LogP contribution >= 0.6 is 21.6 Å². The van der Waals surface area contributed by atoms with Gasteiger partial charge in [0, 0.05) is 24.6 Å². The van der Waals surface area contributed by atoms with Gasteiger partial charge >= 0.3 is 5.69 Å². The number of aromatic nitrogens is 4. The number of aryl methyl sites for hydroxylation is 1. The Balaban J connectivity index is 1.23. The highest BCUT2D eigenvalue weighted by Crippen LogP contribution is 2.25. The molecule has 0 atom stereocenters. The second-order valence-electron chi connectivity index (χ2n) is 10.8. The van der Waals surface area contributed by atoms with Gasteiger partial charge in [-0.2, -0.15) is 4.98 Å². The summed E-state index contributed by atoms with van der Waals surface area (Å²) in [7, 11) is 4.08. The molecule has 1 aromatic rings. The molecule has 0 aromatic heterocycles. The van der Waals surface area contributed by atoms with Gasteiger partial charge in [-0.15, -0.1) is 0 Å². The van der Waals surface area contributed by atoms with Crippen molar-refractivity contribution in [1.82, 2.24) is 19.1 Å². The highest BCUT2D eigenvalue weighted by Gasteiger charge is 2.20. The summed E-state index contributed by atoms with van der Waals surface area (Å²) in [6, 6.07) is 7.68. The number of benzene rings is 1. The van der Waals surface area contributed by atoms with E-state index in [4.69, 9.17) is 0 Å². The van der Waals surface area contributed by atoms with Crippen LogP contribution in [-0.4, -0.2) is 30.6 Å². The Morgan fingerprint density at radius 2 is 1.20 bits per heavy atom. The molecule has 8 heteroatoms. The Kier molecular flexibility index (Phi) is 15.8. The van der Waals surface area contributed by atoms with E-state index in [9.17, 15) is 9.59 Å². The number of unbranched alkanes of at least 4 members (excludes halogenated alkanes) is 14. The van der Waals surface area contributed by atoms with Gasteiger partial charge in [-0.1, -0.05) is 124 Å². The van der Waals surface area contributed by atoms with Crippen molar-refractivity contribution in [3.05, 3.63) is 45.1 Å². The van der Waals surface area contributed by atoms with E-state index in [1.807, 2.05) is 57.3 Å². The van der Waals surface area contributed by atoms with Gasteiger partial charge in [0.15, 0.2) is 11.5 Å². The normalized spacial score (nSPS) is 11.7. The first-order valence-electron chi connectivity index (χ1n) is 15.8. The van der Waals surface area contributed by atoms with E-state index in [0.29, 0.717) is 18.9 Å². The summed E-state index contributed by atoms with van der Waals surface area (Å²) in [6.45, 7) is 5.29. The molecule has 6 nitrogen and oxygen atoms in total. The first-order valence-corrected chi connectivity index (χ1v) is 18.3. The van der Waals surface area contributed by atoms with Crippen LogP contribution in [0.2, 0.25) is 0 Å². The summed E-state index contributed by atoms with van der Waals surface area (Å²) in [5, 5.41) is 0. The third-order valence-corrected chi connectivity index (χ3v) is 10.2. The van der Waals surface area contributed by atoms with E-state index < -0.39 is 5.69 Å². The molecule has 0 spiro atoms. The molecule has 0 saturated carbocycles. The number of hydrogen-bond donors (Lipinski definition) is 0. The smallest absolute Gasteiger partial charge is 0.323 e. The monoisotopic (exact) mass is 586 g/mol. The first kappa shape index (κ1) is 32.7. The summed E-state index contributed by atoms with van der Waals surface area (Å²) in [5.41, 5.74) is 1.12. The predicted octanol–water partition coefficient (Wildman–Crippen LogP) is 8.72. The number of hydrogen-bond acceptors (Lipinski definition) is 6. The lowest BCUT2D eigenvalue weighted by Crippen LogP contribution is -2.38. The van der Waals surface area contributed by atoms with Crippen LogP contribution in [0.4, 0.5) is 0 Å². The van der Waals surface area contributed by atoms with Gasteiger partial charge in [-0.05, 0) is 38.3 Å². The summed E-state index contributed by atoms with van der Waals surface area (Å²) in [5.74, 6) is 2.90. The number of rotatable bonds is 22. The maximum atomic E-state index is 13.1. The molecule has 0 unspecified atom stereocenters. The number of para-hydroxylation sites is 2. The lowest BCUT2D eigenvalue weighted by molar-refractivity contribution is 0.533. The van der Waals surface area contributed by atoms with E-state index in [2.05, 4.69) is 16.9 Å². The molecule has 222 valence electrons. The van der Waals surface area contributed by atoms with Crippen LogP contribution in [0, 0.1) is 0 Å². The molecule has 2 aliphatic heterocycles. The van der Waals surface area contributed by atoms with E-state index in [1.165, 1.54) is 99.5 Å². The van der Waals surface area contributed by atoms with E-state index in [1.54, 1.807) is 0 Å². The fourth-order valence-corrected chi connectivity index (χ4v) is 7.54. The van der Waals surface area contributed by atoms with Crippen LogP contribution in [-0.2, 0) is 13.1 Å². The predicted molar refractivity (Wildman–Crippen MR) is 175 cm³/mol. The Morgan fingerprint density at radius 3 is 1.80 bits per heavy atom. The van der Waals surface area contributed by atoms with Crippen molar-refractivity contribution < 1.29 is 0 Å². The van der Waals surface area contributed by atoms with Gasteiger partial charge < -0.3 is 4.57 Å². The van der Waals surface area contributed by atoms with Gasteiger partial charge in [-0.25, -0.2) is 9.78 Å². The molecular weight excluding hydrogens is 537 g/mol. The van der Waals surface area contributed by atoms with Crippen molar-refractivity contribution in [3.8, 4) is 11.5 Å². The van der Waals surface area contributed by atoms with Crippen molar-refractivity contribution in [1.29, 1.82) is 0 Å². The second kappa shape index (κ2) is 19.3. The highest BCUT2D eigenvalue weighted by molar-refractivity contribution is 8.76.